The molecule has 0 aromatic carbocycles. The predicted octanol–water partition coefficient (Wildman–Crippen LogP) is 1.23. The summed E-state index contributed by atoms with van der Waals surface area (Å²) in [4.78, 5) is 0. The SMILES string of the molecule is Cc1ccn(CCn2cc(CNCC(C)C)nn2)n1. The topological polar surface area (TPSA) is 60.6 Å². The molecule has 2 heterocycles. The second kappa shape index (κ2) is 6.47. The average molecular weight is 262 g/mol. The fourth-order valence-electron chi connectivity index (χ4n) is 1.81. The van der Waals surface area contributed by atoms with Crippen LogP contribution >= 0.6 is 0 Å². The highest BCUT2D eigenvalue weighted by atomic mass is 15.4. The molecule has 0 aliphatic carbocycles. The van der Waals surface area contributed by atoms with Crippen LogP contribution in [-0.2, 0) is 19.6 Å². The van der Waals surface area contributed by atoms with Crippen molar-refractivity contribution in [3.63, 3.8) is 0 Å². The standard InChI is InChI=1S/C13H22N6/c1-11(2)8-14-9-13-10-19(17-15-13)7-6-18-5-4-12(3)16-18/h4-5,10-11,14H,6-9H2,1-3H3. The quantitative estimate of drug-likeness (QED) is 0.815. The van der Waals surface area contributed by atoms with E-state index in [2.05, 4.69) is 34.6 Å². The van der Waals surface area contributed by atoms with Gasteiger partial charge in [-0.3, -0.25) is 9.36 Å². The molecule has 104 valence electrons. The van der Waals surface area contributed by atoms with Crippen molar-refractivity contribution >= 4 is 0 Å². The van der Waals surface area contributed by atoms with Gasteiger partial charge in [0.2, 0.25) is 0 Å². The zero-order valence-corrected chi connectivity index (χ0v) is 11.9. The zero-order valence-electron chi connectivity index (χ0n) is 11.9. The molecule has 2 rings (SSSR count). The Morgan fingerprint density at radius 1 is 1.26 bits per heavy atom. The van der Waals surface area contributed by atoms with Crippen molar-refractivity contribution in [3.8, 4) is 0 Å². The maximum absolute atomic E-state index is 4.34. The summed E-state index contributed by atoms with van der Waals surface area (Å²) in [5, 5.41) is 16.0. The Balaban J connectivity index is 1.77. The lowest BCUT2D eigenvalue weighted by Crippen LogP contribution is -2.19. The van der Waals surface area contributed by atoms with Crippen molar-refractivity contribution < 1.29 is 0 Å². The van der Waals surface area contributed by atoms with Crippen LogP contribution in [0.2, 0.25) is 0 Å². The summed E-state index contributed by atoms with van der Waals surface area (Å²) in [6, 6.07) is 2.00. The first-order chi connectivity index (χ1) is 9.13. The number of hydrogen-bond acceptors (Lipinski definition) is 4. The maximum atomic E-state index is 4.34. The lowest BCUT2D eigenvalue weighted by molar-refractivity contribution is 0.488. The van der Waals surface area contributed by atoms with E-state index in [4.69, 9.17) is 0 Å². The molecular formula is C13H22N6. The Morgan fingerprint density at radius 3 is 2.74 bits per heavy atom. The van der Waals surface area contributed by atoms with Crippen LogP contribution in [0.3, 0.4) is 0 Å². The van der Waals surface area contributed by atoms with Gasteiger partial charge < -0.3 is 5.32 Å². The van der Waals surface area contributed by atoms with Crippen molar-refractivity contribution in [2.45, 2.75) is 40.4 Å². The third-order valence-electron chi connectivity index (χ3n) is 2.78. The summed E-state index contributed by atoms with van der Waals surface area (Å²) in [5.74, 6) is 0.651. The van der Waals surface area contributed by atoms with Crippen LogP contribution in [-0.4, -0.2) is 31.3 Å². The largest absolute Gasteiger partial charge is 0.311 e. The summed E-state index contributed by atoms with van der Waals surface area (Å²) < 4.78 is 3.79. The van der Waals surface area contributed by atoms with Gasteiger partial charge in [-0.1, -0.05) is 19.1 Å². The highest BCUT2D eigenvalue weighted by Gasteiger charge is 2.02. The second-order valence-electron chi connectivity index (χ2n) is 5.22. The van der Waals surface area contributed by atoms with Gasteiger partial charge in [-0.05, 0) is 25.5 Å². The number of aryl methyl sites for hydroxylation is 3. The molecule has 0 atom stereocenters. The molecule has 0 amide bonds. The second-order valence-corrected chi connectivity index (χ2v) is 5.22. The molecule has 0 fully saturated rings. The summed E-state index contributed by atoms with van der Waals surface area (Å²) >= 11 is 0. The number of rotatable bonds is 7. The van der Waals surface area contributed by atoms with E-state index >= 15 is 0 Å². The smallest absolute Gasteiger partial charge is 0.0964 e. The third-order valence-corrected chi connectivity index (χ3v) is 2.78. The monoisotopic (exact) mass is 262 g/mol. The van der Waals surface area contributed by atoms with Crippen molar-refractivity contribution in [2.24, 2.45) is 5.92 Å². The van der Waals surface area contributed by atoms with E-state index in [9.17, 15) is 0 Å². The van der Waals surface area contributed by atoms with Crippen LogP contribution < -0.4 is 5.32 Å². The van der Waals surface area contributed by atoms with Gasteiger partial charge in [-0.15, -0.1) is 5.10 Å². The van der Waals surface area contributed by atoms with E-state index in [1.54, 1.807) is 0 Å². The van der Waals surface area contributed by atoms with Crippen molar-refractivity contribution in [1.82, 2.24) is 30.1 Å². The molecule has 0 aliphatic rings. The number of hydrogen-bond donors (Lipinski definition) is 1. The fourth-order valence-corrected chi connectivity index (χ4v) is 1.81. The van der Waals surface area contributed by atoms with Gasteiger partial charge in [0.1, 0.15) is 0 Å². The van der Waals surface area contributed by atoms with E-state index < -0.39 is 0 Å². The number of aromatic nitrogens is 5. The van der Waals surface area contributed by atoms with Crippen LogP contribution in [0, 0.1) is 12.8 Å². The van der Waals surface area contributed by atoms with Gasteiger partial charge in [-0.25, -0.2) is 0 Å². The lowest BCUT2D eigenvalue weighted by Gasteiger charge is -2.04. The maximum Gasteiger partial charge on any atom is 0.0964 e. The molecule has 0 bridgehead atoms. The van der Waals surface area contributed by atoms with Gasteiger partial charge in [0.15, 0.2) is 0 Å². The van der Waals surface area contributed by atoms with Crippen LogP contribution in [0.5, 0.6) is 0 Å². The summed E-state index contributed by atoms with van der Waals surface area (Å²) in [6.45, 7) is 9.75. The Hall–Kier alpha value is -1.69. The first-order valence-electron chi connectivity index (χ1n) is 6.73. The molecule has 0 saturated heterocycles. The van der Waals surface area contributed by atoms with E-state index in [0.29, 0.717) is 5.92 Å². The molecule has 1 N–H and O–H groups in total. The van der Waals surface area contributed by atoms with Gasteiger partial charge in [0.25, 0.3) is 0 Å². The Kier molecular flexibility index (Phi) is 4.68. The molecule has 2 aromatic heterocycles. The molecule has 0 saturated carbocycles. The molecule has 19 heavy (non-hydrogen) atoms. The summed E-state index contributed by atoms with van der Waals surface area (Å²) in [7, 11) is 0. The average Bonchev–Trinajstić information content (AvgIpc) is 2.95. The first kappa shape index (κ1) is 13.7. The molecule has 6 nitrogen and oxygen atoms in total. The molecule has 2 aromatic rings. The summed E-state index contributed by atoms with van der Waals surface area (Å²) in [6.07, 6.45) is 3.97. The predicted molar refractivity (Wildman–Crippen MR) is 73.5 cm³/mol. The van der Waals surface area contributed by atoms with Gasteiger partial charge >= 0.3 is 0 Å². The molecular weight excluding hydrogens is 240 g/mol. The molecule has 0 aliphatic heterocycles. The van der Waals surface area contributed by atoms with Gasteiger partial charge in [0.05, 0.1) is 24.5 Å². The van der Waals surface area contributed by atoms with Crippen LogP contribution in [0.1, 0.15) is 25.2 Å². The minimum atomic E-state index is 0.651. The normalized spacial score (nSPS) is 11.4. The molecule has 0 radical (unpaired) electrons. The van der Waals surface area contributed by atoms with E-state index in [1.807, 2.05) is 34.7 Å². The molecule has 6 heteroatoms. The first-order valence-corrected chi connectivity index (χ1v) is 6.73. The van der Waals surface area contributed by atoms with Crippen LogP contribution in [0.25, 0.3) is 0 Å². The van der Waals surface area contributed by atoms with E-state index in [0.717, 1.165) is 37.6 Å². The minimum Gasteiger partial charge on any atom is -0.311 e. The zero-order chi connectivity index (χ0) is 13.7. The van der Waals surface area contributed by atoms with Crippen LogP contribution in [0.4, 0.5) is 0 Å². The minimum absolute atomic E-state index is 0.651. The molecule has 0 unspecified atom stereocenters. The van der Waals surface area contributed by atoms with E-state index in [1.165, 1.54) is 0 Å². The van der Waals surface area contributed by atoms with Crippen molar-refractivity contribution in [3.05, 3.63) is 29.8 Å². The third kappa shape index (κ3) is 4.48. The van der Waals surface area contributed by atoms with Gasteiger partial charge in [-0.2, -0.15) is 5.10 Å². The number of nitrogens with one attached hydrogen (secondary N) is 1. The fraction of sp³-hybridized carbons (Fsp3) is 0.615. The highest BCUT2D eigenvalue weighted by molar-refractivity contribution is 4.95. The summed E-state index contributed by atoms with van der Waals surface area (Å²) in [5.41, 5.74) is 2.02. The Labute approximate surface area is 113 Å². The number of nitrogens with zero attached hydrogens (tertiary/aromatic N) is 5. The Bertz CT molecular complexity index is 499. The van der Waals surface area contributed by atoms with Crippen molar-refractivity contribution in [2.75, 3.05) is 6.54 Å². The van der Waals surface area contributed by atoms with Crippen molar-refractivity contribution in [1.29, 1.82) is 0 Å². The van der Waals surface area contributed by atoms with Gasteiger partial charge in [0, 0.05) is 18.9 Å². The Morgan fingerprint density at radius 2 is 2.05 bits per heavy atom. The highest BCUT2D eigenvalue weighted by Crippen LogP contribution is 1.97. The van der Waals surface area contributed by atoms with E-state index in [-0.39, 0.29) is 0 Å². The van der Waals surface area contributed by atoms with Crippen LogP contribution in [0.15, 0.2) is 18.5 Å². The molecule has 0 spiro atoms. The lowest BCUT2D eigenvalue weighted by atomic mass is 10.2.